The fraction of sp³-hybridized carbons (Fsp3) is 0.235. The van der Waals surface area contributed by atoms with Crippen LogP contribution in [0.1, 0.15) is 11.1 Å². The van der Waals surface area contributed by atoms with Crippen LogP contribution < -0.4 is 10.2 Å². The molecule has 0 aliphatic carbocycles. The molecule has 1 amide bonds. The molecular formula is C17H20ClN2O+. The molecule has 0 aliphatic heterocycles. The first kappa shape index (κ1) is 15.5. The summed E-state index contributed by atoms with van der Waals surface area (Å²) in [5.74, 6) is 0.0605. The lowest BCUT2D eigenvalue weighted by molar-refractivity contribution is -0.885. The molecule has 0 bridgehead atoms. The summed E-state index contributed by atoms with van der Waals surface area (Å²) in [6.45, 7) is 1.83. The monoisotopic (exact) mass is 303 g/mol. The van der Waals surface area contributed by atoms with Gasteiger partial charge in [-0.15, -0.1) is 0 Å². The van der Waals surface area contributed by atoms with Crippen molar-refractivity contribution in [1.82, 2.24) is 5.32 Å². The SMILES string of the molecule is C[NH+](CC(=O)NCc1ccccc1)Cc1ccc(Cl)cc1. The molecule has 0 spiro atoms. The van der Waals surface area contributed by atoms with Gasteiger partial charge in [0.2, 0.25) is 0 Å². The van der Waals surface area contributed by atoms with Gasteiger partial charge in [0.1, 0.15) is 6.54 Å². The predicted octanol–water partition coefficient (Wildman–Crippen LogP) is 1.67. The Balaban J connectivity index is 1.75. The van der Waals surface area contributed by atoms with Crippen molar-refractivity contribution in [2.45, 2.75) is 13.1 Å². The summed E-state index contributed by atoms with van der Waals surface area (Å²) < 4.78 is 0. The van der Waals surface area contributed by atoms with Gasteiger partial charge in [-0.3, -0.25) is 4.79 Å². The number of hydrogen-bond donors (Lipinski definition) is 2. The molecule has 2 N–H and O–H groups in total. The van der Waals surface area contributed by atoms with Crippen molar-refractivity contribution in [3.63, 3.8) is 0 Å². The number of rotatable bonds is 6. The fourth-order valence-electron chi connectivity index (χ4n) is 2.15. The molecular weight excluding hydrogens is 284 g/mol. The van der Waals surface area contributed by atoms with Crippen molar-refractivity contribution < 1.29 is 9.69 Å². The molecule has 0 saturated carbocycles. The molecule has 3 nitrogen and oxygen atoms in total. The highest BCUT2D eigenvalue weighted by atomic mass is 35.5. The summed E-state index contributed by atoms with van der Waals surface area (Å²) >= 11 is 5.86. The normalized spacial score (nSPS) is 11.9. The number of quaternary nitrogens is 1. The summed E-state index contributed by atoms with van der Waals surface area (Å²) in [5, 5.41) is 3.68. The Morgan fingerprint density at radius 1 is 1.05 bits per heavy atom. The van der Waals surface area contributed by atoms with Crippen LogP contribution in [0.3, 0.4) is 0 Å². The van der Waals surface area contributed by atoms with Crippen molar-refractivity contribution in [2.24, 2.45) is 0 Å². The zero-order valence-corrected chi connectivity index (χ0v) is 12.9. The molecule has 0 radical (unpaired) electrons. The topological polar surface area (TPSA) is 33.5 Å². The summed E-state index contributed by atoms with van der Waals surface area (Å²) in [4.78, 5) is 13.1. The third kappa shape index (κ3) is 5.58. The second-order valence-corrected chi connectivity index (χ2v) is 5.64. The van der Waals surface area contributed by atoms with Gasteiger partial charge in [0, 0.05) is 17.1 Å². The van der Waals surface area contributed by atoms with E-state index in [1.54, 1.807) is 0 Å². The molecule has 2 aromatic rings. The maximum absolute atomic E-state index is 11.9. The highest BCUT2D eigenvalue weighted by Gasteiger charge is 2.10. The minimum atomic E-state index is 0.0605. The first-order chi connectivity index (χ1) is 10.1. The standard InChI is InChI=1S/C17H19ClN2O/c1-20(12-15-7-9-16(18)10-8-15)13-17(21)19-11-14-5-3-2-4-6-14/h2-10H,11-13H2,1H3,(H,19,21)/p+1. The minimum Gasteiger partial charge on any atom is -0.347 e. The Morgan fingerprint density at radius 2 is 1.71 bits per heavy atom. The van der Waals surface area contributed by atoms with E-state index in [9.17, 15) is 4.79 Å². The molecule has 4 heteroatoms. The zero-order valence-electron chi connectivity index (χ0n) is 12.1. The number of carbonyl (C=O) groups excluding carboxylic acids is 1. The summed E-state index contributed by atoms with van der Waals surface area (Å²) in [7, 11) is 2.01. The van der Waals surface area contributed by atoms with Crippen LogP contribution in [0.25, 0.3) is 0 Å². The third-order valence-corrected chi connectivity index (χ3v) is 3.47. The van der Waals surface area contributed by atoms with E-state index in [1.807, 2.05) is 61.6 Å². The van der Waals surface area contributed by atoms with Crippen LogP contribution in [-0.2, 0) is 17.9 Å². The summed E-state index contributed by atoms with van der Waals surface area (Å²) in [6.07, 6.45) is 0. The average Bonchev–Trinajstić information content (AvgIpc) is 2.48. The summed E-state index contributed by atoms with van der Waals surface area (Å²) in [5.41, 5.74) is 2.29. The second-order valence-electron chi connectivity index (χ2n) is 5.20. The second kappa shape index (κ2) is 7.81. The first-order valence-electron chi connectivity index (χ1n) is 7.00. The Bertz CT molecular complexity index is 569. The lowest BCUT2D eigenvalue weighted by Gasteiger charge is -2.14. The molecule has 0 heterocycles. The minimum absolute atomic E-state index is 0.0605. The van der Waals surface area contributed by atoms with Gasteiger partial charge in [0.05, 0.1) is 7.05 Å². The molecule has 1 atom stereocenters. The van der Waals surface area contributed by atoms with Crippen LogP contribution in [0.5, 0.6) is 0 Å². The highest BCUT2D eigenvalue weighted by Crippen LogP contribution is 2.08. The lowest BCUT2D eigenvalue weighted by atomic mass is 10.2. The van der Waals surface area contributed by atoms with E-state index in [4.69, 9.17) is 11.6 Å². The van der Waals surface area contributed by atoms with E-state index >= 15 is 0 Å². The molecule has 2 rings (SSSR count). The van der Waals surface area contributed by atoms with E-state index in [1.165, 1.54) is 5.56 Å². The van der Waals surface area contributed by atoms with Crippen molar-refractivity contribution >= 4 is 17.5 Å². The van der Waals surface area contributed by atoms with Crippen LogP contribution in [0, 0.1) is 0 Å². The van der Waals surface area contributed by atoms with E-state index < -0.39 is 0 Å². The largest absolute Gasteiger partial charge is 0.347 e. The zero-order chi connectivity index (χ0) is 15.1. The van der Waals surface area contributed by atoms with Crippen LogP contribution >= 0.6 is 11.6 Å². The maximum atomic E-state index is 11.9. The van der Waals surface area contributed by atoms with E-state index in [0.717, 1.165) is 22.0 Å². The molecule has 21 heavy (non-hydrogen) atoms. The number of likely N-dealkylation sites (N-methyl/N-ethyl adjacent to an activating group) is 1. The van der Waals surface area contributed by atoms with Gasteiger partial charge in [-0.05, 0) is 17.7 Å². The Morgan fingerprint density at radius 3 is 2.38 bits per heavy atom. The van der Waals surface area contributed by atoms with Crippen LogP contribution in [-0.4, -0.2) is 19.5 Å². The van der Waals surface area contributed by atoms with Crippen molar-refractivity contribution in [1.29, 1.82) is 0 Å². The van der Waals surface area contributed by atoms with Crippen molar-refractivity contribution in [3.05, 3.63) is 70.7 Å². The number of halogens is 1. The van der Waals surface area contributed by atoms with Gasteiger partial charge in [-0.25, -0.2) is 0 Å². The molecule has 2 aromatic carbocycles. The van der Waals surface area contributed by atoms with Gasteiger partial charge in [-0.2, -0.15) is 0 Å². The molecule has 0 fully saturated rings. The Hall–Kier alpha value is -1.84. The molecule has 0 aromatic heterocycles. The maximum Gasteiger partial charge on any atom is 0.275 e. The molecule has 0 aliphatic rings. The first-order valence-corrected chi connectivity index (χ1v) is 7.37. The van der Waals surface area contributed by atoms with Crippen LogP contribution in [0.4, 0.5) is 0 Å². The Kier molecular flexibility index (Phi) is 5.78. The number of benzene rings is 2. The lowest BCUT2D eigenvalue weighted by Crippen LogP contribution is -3.08. The van der Waals surface area contributed by atoms with Crippen LogP contribution in [0.15, 0.2) is 54.6 Å². The van der Waals surface area contributed by atoms with Crippen LogP contribution in [0.2, 0.25) is 5.02 Å². The van der Waals surface area contributed by atoms with Crippen molar-refractivity contribution in [3.8, 4) is 0 Å². The summed E-state index contributed by atoms with van der Waals surface area (Å²) in [6, 6.07) is 17.7. The van der Waals surface area contributed by atoms with Gasteiger partial charge in [-0.1, -0.05) is 54.1 Å². The number of amides is 1. The van der Waals surface area contributed by atoms with E-state index in [0.29, 0.717) is 13.1 Å². The Labute approximate surface area is 130 Å². The smallest absolute Gasteiger partial charge is 0.275 e. The average molecular weight is 304 g/mol. The molecule has 0 saturated heterocycles. The van der Waals surface area contributed by atoms with Gasteiger partial charge >= 0.3 is 0 Å². The van der Waals surface area contributed by atoms with Gasteiger partial charge in [0.25, 0.3) is 5.91 Å². The van der Waals surface area contributed by atoms with Crippen molar-refractivity contribution in [2.75, 3.05) is 13.6 Å². The number of nitrogens with one attached hydrogen (secondary N) is 2. The number of hydrogen-bond acceptors (Lipinski definition) is 1. The van der Waals surface area contributed by atoms with Gasteiger partial charge in [0.15, 0.2) is 6.54 Å². The van der Waals surface area contributed by atoms with E-state index in [2.05, 4.69) is 5.32 Å². The molecule has 110 valence electrons. The van der Waals surface area contributed by atoms with Gasteiger partial charge < -0.3 is 10.2 Å². The highest BCUT2D eigenvalue weighted by molar-refractivity contribution is 6.30. The fourth-order valence-corrected chi connectivity index (χ4v) is 2.27. The third-order valence-electron chi connectivity index (χ3n) is 3.21. The van der Waals surface area contributed by atoms with E-state index in [-0.39, 0.29) is 5.91 Å². The quantitative estimate of drug-likeness (QED) is 0.836. The predicted molar refractivity (Wildman–Crippen MR) is 85.2 cm³/mol. The number of carbonyl (C=O) groups is 1. The molecule has 1 unspecified atom stereocenters.